The lowest BCUT2D eigenvalue weighted by Gasteiger charge is -2.33. The van der Waals surface area contributed by atoms with Crippen LogP contribution in [0.25, 0.3) is 0 Å². The van der Waals surface area contributed by atoms with Gasteiger partial charge in [-0.05, 0) is 64.0 Å². The first kappa shape index (κ1) is 20.3. The highest BCUT2D eigenvalue weighted by Gasteiger charge is 2.31. The van der Waals surface area contributed by atoms with Gasteiger partial charge < -0.3 is 15.2 Å². The van der Waals surface area contributed by atoms with Gasteiger partial charge in [0.25, 0.3) is 0 Å². The highest BCUT2D eigenvalue weighted by atomic mass is 32.1. The van der Waals surface area contributed by atoms with Gasteiger partial charge in [0.2, 0.25) is 5.91 Å². The van der Waals surface area contributed by atoms with E-state index in [0.29, 0.717) is 29.6 Å². The Bertz CT molecular complexity index is 702. The van der Waals surface area contributed by atoms with E-state index in [1.807, 2.05) is 11.8 Å². The molecule has 3 unspecified atom stereocenters. The molecule has 1 fully saturated rings. The standard InChI is InChI=1S/C20H30N2O4S/c1-4-26-20(25)17-15-8-7-12(2)10-16(15)27-19(17)21-18(24)13(3)22-9-5-6-14(23)11-22/h12-14,23H,4-11H2,1-3H3,(H,21,24). The number of esters is 1. The van der Waals surface area contributed by atoms with E-state index in [1.165, 1.54) is 16.2 Å². The molecule has 1 aliphatic heterocycles. The number of rotatable bonds is 5. The maximum absolute atomic E-state index is 12.8. The van der Waals surface area contributed by atoms with E-state index in [0.717, 1.165) is 44.2 Å². The fraction of sp³-hybridized carbons (Fsp3) is 0.700. The first-order chi connectivity index (χ1) is 12.9. The summed E-state index contributed by atoms with van der Waals surface area (Å²) in [4.78, 5) is 28.6. The fourth-order valence-corrected chi connectivity index (χ4v) is 5.38. The summed E-state index contributed by atoms with van der Waals surface area (Å²) in [5, 5.41) is 13.5. The molecule has 1 aliphatic carbocycles. The van der Waals surface area contributed by atoms with Crippen LogP contribution in [0.1, 0.15) is 60.8 Å². The molecule has 27 heavy (non-hydrogen) atoms. The molecule has 0 bridgehead atoms. The van der Waals surface area contributed by atoms with E-state index in [1.54, 1.807) is 6.92 Å². The molecule has 0 radical (unpaired) electrons. The van der Waals surface area contributed by atoms with E-state index in [4.69, 9.17) is 4.74 Å². The van der Waals surface area contributed by atoms with E-state index in [-0.39, 0.29) is 24.0 Å². The lowest BCUT2D eigenvalue weighted by Crippen LogP contribution is -2.48. The molecule has 1 aromatic heterocycles. The Hall–Kier alpha value is -1.44. The maximum atomic E-state index is 12.8. The number of fused-ring (bicyclic) bond motifs is 1. The SMILES string of the molecule is CCOC(=O)c1c(NC(=O)C(C)N2CCCC(O)C2)sc2c1CCC(C)C2. The van der Waals surface area contributed by atoms with E-state index in [9.17, 15) is 14.7 Å². The van der Waals surface area contributed by atoms with Crippen molar-refractivity contribution in [2.75, 3.05) is 25.0 Å². The van der Waals surface area contributed by atoms with Crippen molar-refractivity contribution in [2.45, 2.75) is 65.0 Å². The van der Waals surface area contributed by atoms with Crippen molar-refractivity contribution in [3.05, 3.63) is 16.0 Å². The van der Waals surface area contributed by atoms with Crippen molar-refractivity contribution in [2.24, 2.45) is 5.92 Å². The molecule has 3 atom stereocenters. The summed E-state index contributed by atoms with van der Waals surface area (Å²) < 4.78 is 5.27. The Kier molecular flexibility index (Phi) is 6.55. The van der Waals surface area contributed by atoms with Crippen LogP contribution < -0.4 is 5.32 Å². The number of carbonyl (C=O) groups excluding carboxylic acids is 2. The Labute approximate surface area is 164 Å². The molecule has 0 aromatic carbocycles. The molecule has 2 heterocycles. The quantitative estimate of drug-likeness (QED) is 0.751. The second-order valence-electron chi connectivity index (χ2n) is 7.73. The zero-order valence-corrected chi connectivity index (χ0v) is 17.2. The molecule has 0 spiro atoms. The van der Waals surface area contributed by atoms with Crippen LogP contribution in [0.5, 0.6) is 0 Å². The molecular formula is C20H30N2O4S. The summed E-state index contributed by atoms with van der Waals surface area (Å²) in [6.07, 6.45) is 4.14. The molecule has 2 N–H and O–H groups in total. The topological polar surface area (TPSA) is 78.9 Å². The van der Waals surface area contributed by atoms with Crippen LogP contribution >= 0.6 is 11.3 Å². The van der Waals surface area contributed by atoms with Gasteiger partial charge in [0.1, 0.15) is 5.00 Å². The second kappa shape index (κ2) is 8.71. The van der Waals surface area contributed by atoms with Crippen molar-refractivity contribution >= 4 is 28.2 Å². The molecule has 3 rings (SSSR count). The zero-order chi connectivity index (χ0) is 19.6. The normalized spacial score (nSPS) is 24.1. The molecule has 1 aromatic rings. The van der Waals surface area contributed by atoms with Gasteiger partial charge in [-0.2, -0.15) is 0 Å². The highest BCUT2D eigenvalue weighted by Crippen LogP contribution is 2.40. The molecule has 6 nitrogen and oxygen atoms in total. The number of nitrogens with one attached hydrogen (secondary N) is 1. The van der Waals surface area contributed by atoms with Crippen molar-refractivity contribution < 1.29 is 19.4 Å². The van der Waals surface area contributed by atoms with Crippen LogP contribution in [0.2, 0.25) is 0 Å². The van der Waals surface area contributed by atoms with Crippen molar-refractivity contribution in [3.8, 4) is 0 Å². The minimum Gasteiger partial charge on any atom is -0.462 e. The van der Waals surface area contributed by atoms with Gasteiger partial charge in [-0.25, -0.2) is 4.79 Å². The number of carbonyl (C=O) groups is 2. The number of hydrogen-bond acceptors (Lipinski definition) is 6. The van der Waals surface area contributed by atoms with Gasteiger partial charge in [0, 0.05) is 11.4 Å². The van der Waals surface area contributed by atoms with Crippen LogP contribution in [-0.4, -0.2) is 53.7 Å². The molecule has 1 saturated heterocycles. The number of β-amino-alcohol motifs (C(OH)–C–C–N with tert-alkyl or cyclic N) is 1. The largest absolute Gasteiger partial charge is 0.462 e. The Morgan fingerprint density at radius 1 is 1.41 bits per heavy atom. The van der Waals surface area contributed by atoms with Gasteiger partial charge in [-0.1, -0.05) is 6.92 Å². The third-order valence-corrected chi connectivity index (χ3v) is 6.75. The molecule has 150 valence electrons. The number of thiophene rings is 1. The Morgan fingerprint density at radius 2 is 2.19 bits per heavy atom. The van der Waals surface area contributed by atoms with Gasteiger partial charge in [0.15, 0.2) is 0 Å². The van der Waals surface area contributed by atoms with Gasteiger partial charge in [-0.15, -0.1) is 11.3 Å². The number of piperidine rings is 1. The third-order valence-electron chi connectivity index (χ3n) is 5.58. The minimum absolute atomic E-state index is 0.138. The summed E-state index contributed by atoms with van der Waals surface area (Å²) >= 11 is 1.51. The van der Waals surface area contributed by atoms with E-state index < -0.39 is 0 Å². The number of likely N-dealkylation sites (tertiary alicyclic amines) is 1. The van der Waals surface area contributed by atoms with Crippen LogP contribution in [0.4, 0.5) is 5.00 Å². The number of amides is 1. The predicted molar refractivity (Wildman–Crippen MR) is 106 cm³/mol. The number of aliphatic hydroxyl groups is 1. The van der Waals surface area contributed by atoms with E-state index in [2.05, 4.69) is 12.2 Å². The van der Waals surface area contributed by atoms with Gasteiger partial charge in [0.05, 0.1) is 24.3 Å². The number of hydrogen-bond donors (Lipinski definition) is 2. The van der Waals surface area contributed by atoms with Gasteiger partial charge in [-0.3, -0.25) is 9.69 Å². The average molecular weight is 395 g/mol. The van der Waals surface area contributed by atoms with Crippen LogP contribution in [0.3, 0.4) is 0 Å². The average Bonchev–Trinajstić information content (AvgIpc) is 2.98. The highest BCUT2D eigenvalue weighted by molar-refractivity contribution is 7.17. The van der Waals surface area contributed by atoms with Crippen molar-refractivity contribution in [1.29, 1.82) is 0 Å². The molecule has 7 heteroatoms. The predicted octanol–water partition coefficient (Wildman–Crippen LogP) is 2.83. The molecule has 0 saturated carbocycles. The van der Waals surface area contributed by atoms with Crippen LogP contribution in [0.15, 0.2) is 0 Å². The summed E-state index contributed by atoms with van der Waals surface area (Å²) in [5.74, 6) is 0.103. The first-order valence-electron chi connectivity index (χ1n) is 9.95. The third kappa shape index (κ3) is 4.52. The number of ether oxygens (including phenoxy) is 1. The second-order valence-corrected chi connectivity index (χ2v) is 8.84. The minimum atomic E-state index is -0.375. The lowest BCUT2D eigenvalue weighted by molar-refractivity contribution is -0.121. The van der Waals surface area contributed by atoms with Crippen LogP contribution in [-0.2, 0) is 22.4 Å². The van der Waals surface area contributed by atoms with E-state index >= 15 is 0 Å². The zero-order valence-electron chi connectivity index (χ0n) is 16.4. The number of nitrogens with zero attached hydrogens (tertiary/aromatic N) is 1. The maximum Gasteiger partial charge on any atom is 0.341 e. The monoisotopic (exact) mass is 394 g/mol. The molecule has 2 aliphatic rings. The Morgan fingerprint density at radius 3 is 2.89 bits per heavy atom. The summed E-state index contributed by atoms with van der Waals surface area (Å²) in [6.45, 7) is 7.49. The number of aliphatic hydroxyl groups excluding tert-OH is 1. The van der Waals surface area contributed by atoms with Gasteiger partial charge >= 0.3 is 5.97 Å². The lowest BCUT2D eigenvalue weighted by atomic mass is 9.88. The van der Waals surface area contributed by atoms with Crippen molar-refractivity contribution in [3.63, 3.8) is 0 Å². The van der Waals surface area contributed by atoms with Crippen molar-refractivity contribution in [1.82, 2.24) is 4.90 Å². The summed E-state index contributed by atoms with van der Waals surface area (Å²) in [5.41, 5.74) is 1.59. The van der Waals surface area contributed by atoms with Crippen LogP contribution in [0, 0.1) is 5.92 Å². The smallest absolute Gasteiger partial charge is 0.341 e. The summed E-state index contributed by atoms with van der Waals surface area (Å²) in [7, 11) is 0. The number of anilines is 1. The first-order valence-corrected chi connectivity index (χ1v) is 10.8. The Balaban J connectivity index is 1.80. The molecule has 1 amide bonds. The molecular weight excluding hydrogens is 364 g/mol. The summed E-state index contributed by atoms with van der Waals surface area (Å²) in [6, 6.07) is -0.354. The fourth-order valence-electron chi connectivity index (χ4n) is 3.98.